The van der Waals surface area contributed by atoms with Crippen LogP contribution in [0.3, 0.4) is 0 Å². The van der Waals surface area contributed by atoms with Crippen LogP contribution >= 0.6 is 0 Å². The third kappa shape index (κ3) is 2.84. The number of hydrogen-bond donors (Lipinski definition) is 1. The number of hydrogen-bond acceptors (Lipinski definition) is 4. The summed E-state index contributed by atoms with van der Waals surface area (Å²) < 4.78 is 7.45. The Kier molecular flexibility index (Phi) is 4.66. The van der Waals surface area contributed by atoms with Crippen LogP contribution in [-0.4, -0.2) is 25.8 Å². The van der Waals surface area contributed by atoms with Crippen LogP contribution in [0.2, 0.25) is 0 Å². The molecule has 0 aliphatic rings. The Morgan fingerprint density at radius 2 is 2.12 bits per heavy atom. The Balaban J connectivity index is 0.00000121. The van der Waals surface area contributed by atoms with Crippen LogP contribution in [-0.2, 0) is 6.54 Å². The summed E-state index contributed by atoms with van der Waals surface area (Å²) in [4.78, 5) is 15.3. The van der Waals surface area contributed by atoms with Crippen molar-refractivity contribution in [1.29, 1.82) is 0 Å². The van der Waals surface area contributed by atoms with Crippen molar-refractivity contribution in [2.24, 2.45) is 0 Å². The van der Waals surface area contributed by atoms with Crippen LogP contribution in [0.25, 0.3) is 33.1 Å². The minimum absolute atomic E-state index is 0. The van der Waals surface area contributed by atoms with E-state index in [0.717, 1.165) is 39.6 Å². The van der Waals surface area contributed by atoms with Gasteiger partial charge in [0.1, 0.15) is 23.2 Å². The van der Waals surface area contributed by atoms with Crippen molar-refractivity contribution in [1.82, 2.24) is 14.8 Å². The minimum Gasteiger partial charge on any atom is -1.00 e. The second-order valence-electron chi connectivity index (χ2n) is 5.61. The number of aromatic nitrogens is 3. The summed E-state index contributed by atoms with van der Waals surface area (Å²) in [5, 5.41) is 15.7. The maximum Gasteiger partial charge on any atom is 1.00 e. The molecule has 0 fully saturated rings. The van der Waals surface area contributed by atoms with Gasteiger partial charge in [0.2, 0.25) is 0 Å². The van der Waals surface area contributed by atoms with E-state index in [-0.39, 0.29) is 26.0 Å². The standard InChI is InChI=1S/C18H15N3O3.Li.H/c1-2-7-21-15-8-14(18(22)23)19-9-12(15)17(20-21)13-10-24-16-6-4-3-5-11(13)16;;/h3-6,8-10H,2,7H2,1H3,(H,22,23);;/q;+1;-1. The van der Waals surface area contributed by atoms with Crippen molar-refractivity contribution in [3.63, 3.8) is 0 Å². The topological polar surface area (TPSA) is 81.2 Å². The van der Waals surface area contributed by atoms with E-state index < -0.39 is 5.97 Å². The van der Waals surface area contributed by atoms with Crippen LogP contribution in [0.5, 0.6) is 0 Å². The molecule has 7 heteroatoms. The van der Waals surface area contributed by atoms with Crippen LogP contribution in [0.15, 0.2) is 47.2 Å². The minimum atomic E-state index is -1.04. The Hall–Kier alpha value is -2.55. The first-order chi connectivity index (χ1) is 11.7. The fraction of sp³-hybridized carbons (Fsp3) is 0.167. The van der Waals surface area contributed by atoms with Gasteiger partial charge in [-0.2, -0.15) is 5.10 Å². The molecule has 0 unspecified atom stereocenters. The Labute approximate surface area is 157 Å². The summed E-state index contributed by atoms with van der Waals surface area (Å²) in [5.41, 5.74) is 3.22. The number of fused-ring (bicyclic) bond motifs is 2. The molecule has 4 aromatic rings. The third-order valence-electron chi connectivity index (χ3n) is 4.03. The number of aryl methyl sites for hydroxylation is 1. The van der Waals surface area contributed by atoms with Gasteiger partial charge in [-0.3, -0.25) is 4.68 Å². The number of rotatable bonds is 4. The number of aromatic carboxylic acids is 1. The van der Waals surface area contributed by atoms with Gasteiger partial charge in [0, 0.05) is 29.1 Å². The van der Waals surface area contributed by atoms with E-state index in [1.54, 1.807) is 18.5 Å². The average molecular weight is 329 g/mol. The fourth-order valence-electron chi connectivity index (χ4n) is 2.93. The maximum atomic E-state index is 11.2. The summed E-state index contributed by atoms with van der Waals surface area (Å²) in [6, 6.07) is 9.34. The first-order valence-corrected chi connectivity index (χ1v) is 7.75. The van der Waals surface area contributed by atoms with Gasteiger partial charge in [0.25, 0.3) is 0 Å². The summed E-state index contributed by atoms with van der Waals surface area (Å²) in [6.07, 6.45) is 4.16. The Morgan fingerprint density at radius 3 is 2.88 bits per heavy atom. The van der Waals surface area contributed by atoms with E-state index in [1.165, 1.54) is 0 Å². The molecule has 1 N–H and O–H groups in total. The summed E-state index contributed by atoms with van der Waals surface area (Å²) in [5.74, 6) is -1.04. The van der Waals surface area contributed by atoms with Crippen LogP contribution in [0, 0.1) is 0 Å². The molecular weight excluding hydrogens is 313 g/mol. The Bertz CT molecular complexity index is 1070. The van der Waals surface area contributed by atoms with Gasteiger partial charge >= 0.3 is 24.8 Å². The quantitative estimate of drug-likeness (QED) is 0.567. The normalized spacial score (nSPS) is 10.9. The molecule has 0 aliphatic heterocycles. The zero-order valence-corrected chi connectivity index (χ0v) is 14.1. The summed E-state index contributed by atoms with van der Waals surface area (Å²) in [6.45, 7) is 2.76. The summed E-state index contributed by atoms with van der Waals surface area (Å²) >= 11 is 0. The van der Waals surface area contributed by atoms with Gasteiger partial charge in [-0.05, 0) is 18.6 Å². The molecule has 0 bridgehead atoms. The number of furan rings is 1. The van der Waals surface area contributed by atoms with Gasteiger partial charge in [0.05, 0.1) is 5.52 Å². The van der Waals surface area contributed by atoms with Crippen molar-refractivity contribution < 1.29 is 34.6 Å². The van der Waals surface area contributed by atoms with Crippen LogP contribution < -0.4 is 18.9 Å². The number of pyridine rings is 1. The van der Waals surface area contributed by atoms with E-state index in [9.17, 15) is 9.90 Å². The molecule has 4 rings (SSSR count). The van der Waals surface area contributed by atoms with Crippen LogP contribution in [0.1, 0.15) is 25.3 Å². The van der Waals surface area contributed by atoms with Gasteiger partial charge in [-0.25, -0.2) is 9.78 Å². The fourth-order valence-corrected chi connectivity index (χ4v) is 2.93. The molecular formula is C18H16LiN3O3. The predicted octanol–water partition coefficient (Wildman–Crippen LogP) is 1.07. The van der Waals surface area contributed by atoms with E-state index in [2.05, 4.69) is 11.9 Å². The van der Waals surface area contributed by atoms with E-state index >= 15 is 0 Å². The summed E-state index contributed by atoms with van der Waals surface area (Å²) in [7, 11) is 0. The molecule has 122 valence electrons. The molecule has 0 amide bonds. The molecule has 3 heterocycles. The zero-order valence-electron chi connectivity index (χ0n) is 15.1. The maximum absolute atomic E-state index is 11.2. The van der Waals surface area contributed by atoms with E-state index in [0.29, 0.717) is 6.54 Å². The molecule has 0 atom stereocenters. The zero-order chi connectivity index (χ0) is 16.7. The van der Waals surface area contributed by atoms with Crippen molar-refractivity contribution in [3.8, 4) is 11.3 Å². The number of benzene rings is 1. The number of carbonyl (C=O) groups is 1. The molecule has 0 saturated heterocycles. The second-order valence-corrected chi connectivity index (χ2v) is 5.61. The molecule has 3 aromatic heterocycles. The van der Waals surface area contributed by atoms with Crippen LogP contribution in [0.4, 0.5) is 0 Å². The van der Waals surface area contributed by atoms with Gasteiger partial charge in [-0.1, -0.05) is 25.1 Å². The largest absolute Gasteiger partial charge is 1.00 e. The average Bonchev–Trinajstić information content (AvgIpc) is 3.16. The molecule has 0 radical (unpaired) electrons. The number of para-hydroxylation sites is 1. The van der Waals surface area contributed by atoms with Crippen molar-refractivity contribution in [3.05, 3.63) is 48.5 Å². The van der Waals surface area contributed by atoms with E-state index in [4.69, 9.17) is 9.52 Å². The number of carboxylic acid groups (broad SMARTS) is 1. The smallest absolute Gasteiger partial charge is 1.00 e. The number of nitrogens with zero attached hydrogens (tertiary/aromatic N) is 3. The predicted molar refractivity (Wildman–Crippen MR) is 91.1 cm³/mol. The van der Waals surface area contributed by atoms with Gasteiger partial charge in [-0.15, -0.1) is 0 Å². The first-order valence-electron chi connectivity index (χ1n) is 7.75. The molecule has 25 heavy (non-hydrogen) atoms. The monoisotopic (exact) mass is 329 g/mol. The first kappa shape index (κ1) is 17.3. The number of carboxylic acids is 1. The van der Waals surface area contributed by atoms with Gasteiger partial charge < -0.3 is 11.0 Å². The van der Waals surface area contributed by atoms with Crippen molar-refractivity contribution in [2.45, 2.75) is 19.9 Å². The van der Waals surface area contributed by atoms with Gasteiger partial charge in [0.15, 0.2) is 0 Å². The SMILES string of the molecule is CCCn1nc(-c2coc3ccccc23)c2cnc(C(=O)O)cc21.[H-].[Li+]. The Morgan fingerprint density at radius 1 is 1.32 bits per heavy atom. The van der Waals surface area contributed by atoms with Crippen molar-refractivity contribution >= 4 is 27.8 Å². The molecule has 1 aromatic carbocycles. The second kappa shape index (κ2) is 6.75. The third-order valence-corrected chi connectivity index (χ3v) is 4.03. The molecule has 0 spiro atoms. The molecule has 0 saturated carbocycles. The van der Waals surface area contributed by atoms with E-state index in [1.807, 2.05) is 28.9 Å². The van der Waals surface area contributed by atoms with Crippen molar-refractivity contribution in [2.75, 3.05) is 0 Å². The molecule has 0 aliphatic carbocycles. The molecule has 6 nitrogen and oxygen atoms in total.